The van der Waals surface area contributed by atoms with Crippen LogP contribution in [0, 0.1) is 0 Å². The molecule has 0 saturated heterocycles. The minimum atomic E-state index is -4.06. The number of sulfone groups is 1. The fraction of sp³-hybridized carbons (Fsp3) is 0.296. The lowest BCUT2D eigenvalue weighted by Crippen LogP contribution is -2.15. The Balaban J connectivity index is 1.36. The van der Waals surface area contributed by atoms with Crippen molar-refractivity contribution in [3.8, 4) is 34.5 Å². The molecule has 0 unspecified atom stereocenters. The smallest absolute Gasteiger partial charge is 0.316 e. The third-order valence-electron chi connectivity index (χ3n) is 6.17. The van der Waals surface area contributed by atoms with Crippen molar-refractivity contribution >= 4 is 25.7 Å². The Morgan fingerprint density at radius 3 is 2.21 bits per heavy atom. The van der Waals surface area contributed by atoms with Crippen LogP contribution in [-0.2, 0) is 25.3 Å². The van der Waals surface area contributed by atoms with Crippen LogP contribution >= 0.6 is 0 Å². The lowest BCUT2D eigenvalue weighted by molar-refractivity contribution is 0.174. The van der Waals surface area contributed by atoms with Crippen LogP contribution < -0.4 is 23.7 Å². The third-order valence-corrected chi connectivity index (χ3v) is 8.58. The molecule has 5 rings (SSSR count). The average molecular weight is 617 g/mol. The molecule has 3 heterocycles. The van der Waals surface area contributed by atoms with E-state index in [4.69, 9.17) is 23.5 Å². The number of nitrogens with zero attached hydrogens (tertiary/aromatic N) is 3. The fourth-order valence-electron chi connectivity index (χ4n) is 3.91. The molecular weight excluding hydrogens is 588 g/mol. The number of ether oxygens (including phenoxy) is 4. The summed E-state index contributed by atoms with van der Waals surface area (Å²) in [6, 6.07) is 11.6. The summed E-state index contributed by atoms with van der Waals surface area (Å²) in [5.41, 5.74) is 1.57. The monoisotopic (exact) mass is 616 g/mol. The molecule has 15 heteroatoms. The van der Waals surface area contributed by atoms with Crippen LogP contribution in [0.2, 0.25) is 0 Å². The normalized spacial score (nSPS) is 13.1. The molecule has 0 spiro atoms. The van der Waals surface area contributed by atoms with E-state index in [1.54, 1.807) is 30.3 Å². The van der Waals surface area contributed by atoms with Gasteiger partial charge < -0.3 is 23.5 Å². The van der Waals surface area contributed by atoms with E-state index in [0.717, 1.165) is 24.2 Å². The van der Waals surface area contributed by atoms with Crippen LogP contribution in [-0.4, -0.2) is 58.2 Å². The van der Waals surface area contributed by atoms with Crippen molar-refractivity contribution in [1.82, 2.24) is 15.1 Å². The van der Waals surface area contributed by atoms with E-state index in [1.807, 2.05) is 20.8 Å². The van der Waals surface area contributed by atoms with Crippen LogP contribution in [0.5, 0.6) is 23.4 Å². The highest BCUT2D eigenvalue weighted by atomic mass is 32.2. The van der Waals surface area contributed by atoms with E-state index in [2.05, 4.69) is 19.8 Å². The summed E-state index contributed by atoms with van der Waals surface area (Å²) < 4.78 is 79.7. The van der Waals surface area contributed by atoms with Crippen molar-refractivity contribution in [2.45, 2.75) is 36.0 Å². The molecule has 2 aromatic carbocycles. The molecule has 13 nitrogen and oxygen atoms in total. The predicted molar refractivity (Wildman–Crippen MR) is 150 cm³/mol. The number of anilines is 1. The fourth-order valence-corrected chi connectivity index (χ4v) is 5.39. The van der Waals surface area contributed by atoms with Gasteiger partial charge >= 0.3 is 6.01 Å². The largest absolute Gasteiger partial charge is 0.471 e. The summed E-state index contributed by atoms with van der Waals surface area (Å²) in [7, 11) is -7.50. The lowest BCUT2D eigenvalue weighted by Gasteiger charge is -2.19. The first-order valence-electron chi connectivity index (χ1n) is 12.6. The van der Waals surface area contributed by atoms with Gasteiger partial charge in [-0.3, -0.25) is 0 Å². The quantitative estimate of drug-likeness (QED) is 0.256. The van der Waals surface area contributed by atoms with Gasteiger partial charge in [-0.25, -0.2) is 31.5 Å². The topological polar surface area (TPSA) is 169 Å². The minimum absolute atomic E-state index is 0.00779. The van der Waals surface area contributed by atoms with Crippen LogP contribution in [0.3, 0.4) is 0 Å². The third kappa shape index (κ3) is 6.41. The van der Waals surface area contributed by atoms with Gasteiger partial charge in [-0.05, 0) is 46.0 Å². The van der Waals surface area contributed by atoms with Crippen molar-refractivity contribution in [1.29, 1.82) is 0 Å². The van der Waals surface area contributed by atoms with Gasteiger partial charge in [-0.15, -0.1) is 0 Å². The van der Waals surface area contributed by atoms with E-state index in [1.165, 1.54) is 12.1 Å². The number of aromatic nitrogens is 3. The number of nitrogens with one attached hydrogen (secondary N) is 1. The maximum atomic E-state index is 13.3. The Morgan fingerprint density at radius 1 is 0.881 bits per heavy atom. The summed E-state index contributed by atoms with van der Waals surface area (Å²) in [5.74, 6) is 0.828. The first kappa shape index (κ1) is 29.1. The highest BCUT2D eigenvalue weighted by Crippen LogP contribution is 2.42. The molecular formula is C27H28N4O9S2. The van der Waals surface area contributed by atoms with E-state index in [-0.39, 0.29) is 58.6 Å². The average Bonchev–Trinajstić information content (AvgIpc) is 3.56. The Bertz CT molecular complexity index is 1800. The molecule has 0 fully saturated rings. The SMILES string of the molecule is CC(C)(C)c1ccc(S(=O)(=O)Nc2onc(OCCOc3ncc(S(C)(=O)=O)cn3)c2-c2ccc3c(c2)OCO3)cc1. The van der Waals surface area contributed by atoms with Gasteiger partial charge in [0.1, 0.15) is 23.7 Å². The predicted octanol–water partition coefficient (Wildman–Crippen LogP) is 3.82. The minimum Gasteiger partial charge on any atom is -0.471 e. The van der Waals surface area contributed by atoms with Crippen molar-refractivity contribution in [3.05, 3.63) is 60.4 Å². The number of sulfonamides is 1. The Hall–Kier alpha value is -4.37. The van der Waals surface area contributed by atoms with Gasteiger partial charge in [-0.2, -0.15) is 0 Å². The molecule has 222 valence electrons. The van der Waals surface area contributed by atoms with Gasteiger partial charge in [-0.1, -0.05) is 39.0 Å². The summed E-state index contributed by atoms with van der Waals surface area (Å²) in [6.07, 6.45) is 3.33. The van der Waals surface area contributed by atoms with Gasteiger partial charge in [0.25, 0.3) is 15.9 Å². The second-order valence-electron chi connectivity index (χ2n) is 10.3. The summed E-state index contributed by atoms with van der Waals surface area (Å²) >= 11 is 0. The number of hydrogen-bond acceptors (Lipinski definition) is 12. The van der Waals surface area contributed by atoms with E-state index in [9.17, 15) is 16.8 Å². The van der Waals surface area contributed by atoms with Crippen LogP contribution in [0.4, 0.5) is 5.88 Å². The zero-order chi connectivity index (χ0) is 30.1. The van der Waals surface area contributed by atoms with Gasteiger partial charge in [0.05, 0.1) is 17.3 Å². The first-order chi connectivity index (χ1) is 19.8. The molecule has 2 aromatic heterocycles. The molecule has 0 atom stereocenters. The molecule has 1 aliphatic heterocycles. The second-order valence-corrected chi connectivity index (χ2v) is 14.0. The summed E-state index contributed by atoms with van der Waals surface area (Å²) in [5, 5.41) is 3.94. The second kappa shape index (κ2) is 11.1. The van der Waals surface area contributed by atoms with Crippen molar-refractivity contribution in [2.24, 2.45) is 0 Å². The lowest BCUT2D eigenvalue weighted by atomic mass is 9.87. The maximum Gasteiger partial charge on any atom is 0.316 e. The van der Waals surface area contributed by atoms with Crippen LogP contribution in [0.15, 0.2) is 69.2 Å². The van der Waals surface area contributed by atoms with E-state index in [0.29, 0.717) is 17.1 Å². The Morgan fingerprint density at radius 2 is 1.55 bits per heavy atom. The zero-order valence-electron chi connectivity index (χ0n) is 23.1. The van der Waals surface area contributed by atoms with Crippen LogP contribution in [0.1, 0.15) is 26.3 Å². The number of rotatable bonds is 10. The standard InChI is InChI=1S/C27H28N4O9S2/c1-27(2,3)18-6-8-19(9-7-18)42(34,35)31-25-23(17-5-10-21-22(13-17)39-16-38-21)24(30-40-25)36-11-12-37-26-28-14-20(15-29-26)41(4,32)33/h5-10,13-15,31H,11-12,16H2,1-4H3. The summed E-state index contributed by atoms with van der Waals surface area (Å²) in [4.78, 5) is 7.75. The molecule has 0 aliphatic carbocycles. The molecule has 0 bridgehead atoms. The highest BCUT2D eigenvalue weighted by molar-refractivity contribution is 7.92. The molecule has 42 heavy (non-hydrogen) atoms. The Kier molecular flexibility index (Phi) is 7.72. The molecule has 0 saturated carbocycles. The zero-order valence-corrected chi connectivity index (χ0v) is 24.8. The summed E-state index contributed by atoms with van der Waals surface area (Å²) in [6.45, 7) is 6.08. The van der Waals surface area contributed by atoms with Crippen molar-refractivity contribution in [3.63, 3.8) is 0 Å². The molecule has 4 aromatic rings. The number of hydrogen-bond donors (Lipinski definition) is 1. The van der Waals surface area contributed by atoms with Gasteiger partial charge in [0, 0.05) is 6.26 Å². The Labute approximate surface area is 242 Å². The first-order valence-corrected chi connectivity index (χ1v) is 16.0. The van der Waals surface area contributed by atoms with Crippen molar-refractivity contribution < 1.29 is 40.3 Å². The van der Waals surface area contributed by atoms with Crippen LogP contribution in [0.25, 0.3) is 11.1 Å². The number of fused-ring (bicyclic) bond motifs is 1. The molecule has 1 N–H and O–H groups in total. The molecule has 0 radical (unpaired) electrons. The maximum absolute atomic E-state index is 13.3. The van der Waals surface area contributed by atoms with Gasteiger partial charge in [0.2, 0.25) is 12.7 Å². The molecule has 0 amide bonds. The molecule has 1 aliphatic rings. The van der Waals surface area contributed by atoms with E-state index >= 15 is 0 Å². The van der Waals surface area contributed by atoms with Gasteiger partial charge in [0.15, 0.2) is 21.3 Å². The highest BCUT2D eigenvalue weighted by Gasteiger charge is 2.27. The van der Waals surface area contributed by atoms with E-state index < -0.39 is 19.9 Å². The number of benzene rings is 2. The van der Waals surface area contributed by atoms with Crippen molar-refractivity contribution in [2.75, 3.05) is 31.0 Å².